The number of nitrogens with zero attached hydrogens (tertiary/aromatic N) is 4. The van der Waals surface area contributed by atoms with E-state index in [2.05, 4.69) is 20.7 Å². The van der Waals surface area contributed by atoms with Crippen molar-refractivity contribution in [3.8, 4) is 0 Å². The van der Waals surface area contributed by atoms with E-state index in [0.717, 1.165) is 5.69 Å². The Balaban J connectivity index is 1.89. The minimum Gasteiger partial charge on any atom is -0.338 e. The largest absolute Gasteiger partial charge is 0.338 e. The van der Waals surface area contributed by atoms with Gasteiger partial charge < -0.3 is 10.4 Å². The van der Waals surface area contributed by atoms with Crippen LogP contribution in [0.15, 0.2) is 22.1 Å². The SMILES string of the molecule is CC(C)(C)c1cc(NC(=O)CSc2nncn2N)on1. The second kappa shape index (κ2) is 5.53. The standard InChI is InChI=1S/C11H16N6O2S/c1-11(2,3)7-4-9(19-16-7)14-8(18)5-20-10-15-13-6-17(10)12/h4,6H,5,12H2,1-3H3,(H,14,18). The molecule has 0 saturated carbocycles. The van der Waals surface area contributed by atoms with Crippen molar-refractivity contribution in [3.63, 3.8) is 0 Å². The van der Waals surface area contributed by atoms with Gasteiger partial charge in [0.15, 0.2) is 0 Å². The first-order chi connectivity index (χ1) is 9.36. The van der Waals surface area contributed by atoms with Crippen LogP contribution in [0.5, 0.6) is 0 Å². The van der Waals surface area contributed by atoms with E-state index in [1.165, 1.54) is 22.8 Å². The number of carbonyl (C=O) groups excluding carboxylic acids is 1. The lowest BCUT2D eigenvalue weighted by atomic mass is 9.92. The molecule has 2 aromatic rings. The van der Waals surface area contributed by atoms with Gasteiger partial charge in [-0.25, -0.2) is 4.68 Å². The molecule has 20 heavy (non-hydrogen) atoms. The summed E-state index contributed by atoms with van der Waals surface area (Å²) in [4.78, 5) is 11.8. The molecular formula is C11H16N6O2S. The van der Waals surface area contributed by atoms with Crippen LogP contribution < -0.4 is 11.2 Å². The number of rotatable bonds is 4. The molecule has 1 amide bonds. The first-order valence-electron chi connectivity index (χ1n) is 5.91. The molecule has 0 atom stereocenters. The van der Waals surface area contributed by atoms with Gasteiger partial charge in [-0.2, -0.15) is 0 Å². The summed E-state index contributed by atoms with van der Waals surface area (Å²) in [6.07, 6.45) is 1.37. The van der Waals surface area contributed by atoms with Crippen molar-refractivity contribution in [2.24, 2.45) is 0 Å². The topological polar surface area (TPSA) is 112 Å². The summed E-state index contributed by atoms with van der Waals surface area (Å²) in [6.45, 7) is 6.04. The molecule has 0 fully saturated rings. The average Bonchev–Trinajstić information content (AvgIpc) is 2.95. The highest BCUT2D eigenvalue weighted by Crippen LogP contribution is 2.23. The highest BCUT2D eigenvalue weighted by atomic mass is 32.2. The van der Waals surface area contributed by atoms with Gasteiger partial charge in [0.2, 0.25) is 16.9 Å². The van der Waals surface area contributed by atoms with E-state index in [1.54, 1.807) is 6.07 Å². The second-order valence-corrected chi connectivity index (χ2v) is 6.13. The number of nitrogens with two attached hydrogens (primary N) is 1. The Morgan fingerprint density at radius 1 is 1.55 bits per heavy atom. The third-order valence-corrected chi connectivity index (χ3v) is 3.37. The predicted octanol–water partition coefficient (Wildman–Crippen LogP) is 1.01. The third-order valence-electron chi connectivity index (χ3n) is 2.41. The van der Waals surface area contributed by atoms with Gasteiger partial charge >= 0.3 is 0 Å². The number of amides is 1. The van der Waals surface area contributed by atoms with Crippen LogP contribution in [0.1, 0.15) is 26.5 Å². The molecule has 0 unspecified atom stereocenters. The van der Waals surface area contributed by atoms with Crippen LogP contribution >= 0.6 is 11.8 Å². The van der Waals surface area contributed by atoms with Crippen molar-refractivity contribution in [1.82, 2.24) is 20.0 Å². The monoisotopic (exact) mass is 296 g/mol. The Morgan fingerprint density at radius 3 is 2.85 bits per heavy atom. The Hall–Kier alpha value is -2.03. The van der Waals surface area contributed by atoms with E-state index < -0.39 is 0 Å². The molecule has 0 radical (unpaired) electrons. The van der Waals surface area contributed by atoms with Gasteiger partial charge in [0, 0.05) is 11.5 Å². The fraction of sp³-hybridized carbons (Fsp3) is 0.455. The summed E-state index contributed by atoms with van der Waals surface area (Å²) in [5.74, 6) is 5.80. The number of carbonyl (C=O) groups is 1. The van der Waals surface area contributed by atoms with Gasteiger partial charge in [0.1, 0.15) is 6.33 Å². The quantitative estimate of drug-likeness (QED) is 0.639. The van der Waals surface area contributed by atoms with Crippen molar-refractivity contribution in [3.05, 3.63) is 18.1 Å². The van der Waals surface area contributed by atoms with E-state index in [9.17, 15) is 4.79 Å². The molecule has 0 spiro atoms. The van der Waals surface area contributed by atoms with Gasteiger partial charge in [0.05, 0.1) is 11.4 Å². The maximum absolute atomic E-state index is 11.8. The molecular weight excluding hydrogens is 280 g/mol. The summed E-state index contributed by atoms with van der Waals surface area (Å²) >= 11 is 1.18. The van der Waals surface area contributed by atoms with Crippen molar-refractivity contribution >= 4 is 23.6 Å². The van der Waals surface area contributed by atoms with E-state index in [-0.39, 0.29) is 17.1 Å². The number of anilines is 1. The molecule has 9 heteroatoms. The van der Waals surface area contributed by atoms with Crippen molar-refractivity contribution in [1.29, 1.82) is 0 Å². The molecule has 0 aromatic carbocycles. The lowest BCUT2D eigenvalue weighted by Crippen LogP contribution is -2.15. The molecule has 2 heterocycles. The van der Waals surface area contributed by atoms with Crippen LogP contribution in [0, 0.1) is 0 Å². The number of thioether (sulfide) groups is 1. The van der Waals surface area contributed by atoms with Gasteiger partial charge in [-0.05, 0) is 0 Å². The van der Waals surface area contributed by atoms with E-state index in [0.29, 0.717) is 11.0 Å². The Bertz CT molecular complexity index is 600. The zero-order valence-corrected chi connectivity index (χ0v) is 12.3. The summed E-state index contributed by atoms with van der Waals surface area (Å²) in [7, 11) is 0. The summed E-state index contributed by atoms with van der Waals surface area (Å²) in [5.41, 5.74) is 0.652. The predicted molar refractivity (Wildman–Crippen MR) is 74.7 cm³/mol. The third kappa shape index (κ3) is 3.50. The normalized spacial score (nSPS) is 11.6. The van der Waals surface area contributed by atoms with Crippen LogP contribution in [0.4, 0.5) is 5.88 Å². The van der Waals surface area contributed by atoms with E-state index in [1.807, 2.05) is 20.8 Å². The number of aromatic nitrogens is 4. The number of hydrogen-bond acceptors (Lipinski definition) is 7. The first kappa shape index (κ1) is 14.4. The molecule has 2 aromatic heterocycles. The second-order valence-electron chi connectivity index (χ2n) is 5.18. The van der Waals surface area contributed by atoms with Crippen LogP contribution in [0.25, 0.3) is 0 Å². The minimum absolute atomic E-state index is 0.128. The summed E-state index contributed by atoms with van der Waals surface area (Å²) in [6, 6.07) is 1.72. The molecule has 3 N–H and O–H groups in total. The first-order valence-corrected chi connectivity index (χ1v) is 6.90. The Morgan fingerprint density at radius 2 is 2.30 bits per heavy atom. The molecule has 0 saturated heterocycles. The van der Waals surface area contributed by atoms with Crippen molar-refractivity contribution in [2.75, 3.05) is 16.9 Å². The maximum Gasteiger partial charge on any atom is 0.237 e. The fourth-order valence-electron chi connectivity index (χ4n) is 1.33. The van der Waals surface area contributed by atoms with Crippen molar-refractivity contribution in [2.45, 2.75) is 31.3 Å². The number of hydrogen-bond donors (Lipinski definition) is 2. The molecule has 108 valence electrons. The lowest BCUT2D eigenvalue weighted by molar-refractivity contribution is -0.113. The zero-order chi connectivity index (χ0) is 14.8. The van der Waals surface area contributed by atoms with Crippen LogP contribution in [-0.2, 0) is 10.2 Å². The summed E-state index contributed by atoms with van der Waals surface area (Å²) in [5, 5.41) is 14.4. The van der Waals surface area contributed by atoms with Crippen molar-refractivity contribution < 1.29 is 9.32 Å². The Labute approximate surface area is 120 Å². The molecule has 0 aliphatic rings. The Kier molecular flexibility index (Phi) is 3.98. The molecule has 0 bridgehead atoms. The smallest absolute Gasteiger partial charge is 0.237 e. The average molecular weight is 296 g/mol. The minimum atomic E-state index is -0.227. The molecule has 2 rings (SSSR count). The molecule has 0 aliphatic heterocycles. The number of nitrogen functional groups attached to an aromatic ring is 1. The van der Waals surface area contributed by atoms with Gasteiger partial charge in [0.25, 0.3) is 0 Å². The van der Waals surface area contributed by atoms with E-state index >= 15 is 0 Å². The van der Waals surface area contributed by atoms with Crippen LogP contribution in [0.2, 0.25) is 0 Å². The fourth-order valence-corrected chi connectivity index (χ4v) is 1.96. The van der Waals surface area contributed by atoms with Crippen LogP contribution in [-0.4, -0.2) is 31.7 Å². The molecule has 8 nitrogen and oxygen atoms in total. The van der Waals surface area contributed by atoms with Gasteiger partial charge in [-0.15, -0.1) is 10.2 Å². The zero-order valence-electron chi connectivity index (χ0n) is 11.5. The number of nitrogens with one attached hydrogen (secondary N) is 1. The van der Waals surface area contributed by atoms with Gasteiger partial charge in [-0.3, -0.25) is 10.1 Å². The highest BCUT2D eigenvalue weighted by Gasteiger charge is 2.19. The highest BCUT2D eigenvalue weighted by molar-refractivity contribution is 7.99. The molecule has 0 aliphatic carbocycles. The lowest BCUT2D eigenvalue weighted by Gasteiger charge is -2.12. The van der Waals surface area contributed by atoms with Gasteiger partial charge in [-0.1, -0.05) is 37.7 Å². The van der Waals surface area contributed by atoms with Crippen LogP contribution in [0.3, 0.4) is 0 Å². The summed E-state index contributed by atoms with van der Waals surface area (Å²) < 4.78 is 6.33. The maximum atomic E-state index is 11.8. The van der Waals surface area contributed by atoms with E-state index in [4.69, 9.17) is 10.4 Å².